The summed E-state index contributed by atoms with van der Waals surface area (Å²) in [4.78, 5) is 118. The lowest BCUT2D eigenvalue weighted by molar-refractivity contribution is 0.0567. The van der Waals surface area contributed by atoms with Gasteiger partial charge in [0.05, 0.1) is 11.4 Å². The molecule has 4 aliphatic heterocycles. The zero-order chi connectivity index (χ0) is 53.3. The first-order valence-electron chi connectivity index (χ1n) is 26.2. The van der Waals surface area contributed by atoms with Crippen LogP contribution in [0.4, 0.5) is 11.4 Å². The van der Waals surface area contributed by atoms with Crippen molar-refractivity contribution in [1.82, 2.24) is 9.80 Å². The van der Waals surface area contributed by atoms with Crippen LogP contribution in [0.3, 0.4) is 0 Å². The molecule has 12 aromatic carbocycles. The molecular weight excluding hydrogens is 993 g/mol. The van der Waals surface area contributed by atoms with E-state index in [0.29, 0.717) is 90.3 Å². The number of para-hydroxylation sites is 2. The summed E-state index contributed by atoms with van der Waals surface area (Å²) >= 11 is 0. The van der Waals surface area contributed by atoms with Gasteiger partial charge in [0.1, 0.15) is 0 Å². The van der Waals surface area contributed by atoms with E-state index in [2.05, 4.69) is 0 Å². The Morgan fingerprint density at radius 3 is 0.722 bits per heavy atom. The minimum atomic E-state index is -0.412. The van der Waals surface area contributed by atoms with Gasteiger partial charge in [0.2, 0.25) is 0 Å². The third-order valence-electron chi connectivity index (χ3n) is 16.8. The van der Waals surface area contributed by atoms with E-state index in [1.807, 2.05) is 60.7 Å². The van der Waals surface area contributed by atoms with Gasteiger partial charge in [-0.1, -0.05) is 84.9 Å². The van der Waals surface area contributed by atoms with Crippen LogP contribution < -0.4 is 9.80 Å². The monoisotopic (exact) mass is 1030 g/mol. The van der Waals surface area contributed by atoms with Gasteiger partial charge in [-0.15, -0.1) is 0 Å². The Morgan fingerprint density at radius 2 is 0.481 bits per heavy atom. The smallest absolute Gasteiger partial charge is 0.265 e. The lowest BCUT2D eigenvalue weighted by atomic mass is 9.82. The molecule has 376 valence electrons. The topological polar surface area (TPSA) is 159 Å². The number of fused-ring (bicyclic) bond motifs is 4. The van der Waals surface area contributed by atoms with Gasteiger partial charge in [-0.2, -0.15) is 0 Å². The molecule has 0 atom stereocenters. The van der Waals surface area contributed by atoms with Gasteiger partial charge in [0.15, 0.2) is 0 Å². The van der Waals surface area contributed by atoms with Crippen LogP contribution in [0.5, 0.6) is 0 Å². The summed E-state index contributed by atoms with van der Waals surface area (Å²) < 4.78 is 5.99. The fourth-order valence-corrected chi connectivity index (χ4v) is 13.4. The van der Waals surface area contributed by atoms with Crippen LogP contribution in [-0.2, 0) is 4.74 Å². The number of carbonyl (C=O) groups is 8. The molecule has 0 aromatic heterocycles. The number of anilines is 2. The average molecular weight is 1030 g/mol. The number of amides is 8. The second-order valence-corrected chi connectivity index (χ2v) is 20.7. The highest BCUT2D eigenvalue weighted by atomic mass is 16.5. The van der Waals surface area contributed by atoms with Crippen LogP contribution in [0.15, 0.2) is 158 Å². The first-order valence-corrected chi connectivity index (χ1v) is 26.2. The first kappa shape index (κ1) is 45.0. The molecule has 0 bridgehead atoms. The fraction of sp³-hybridized carbons (Fsp3) is 0.0909. The summed E-state index contributed by atoms with van der Waals surface area (Å²) in [5.41, 5.74) is 4.30. The number of nitrogens with zero attached hydrogens (tertiary/aromatic N) is 4. The SMILES string of the molecule is O=C1c2ccc3c4ccc5c6c(ccc(c7ccc(c2c37)C(=O)N1CCCOCCCN1C(=O)c2ccc3c7ccc8c9c(ccc(c%10ccc(c2c3%10)C1=O)c97)C(=O)N(c1ccccc1)C8=O)c64)C(=O)N(c1ccccc1)C5=O. The first-order chi connectivity index (χ1) is 38.6. The number of imide groups is 4. The largest absolute Gasteiger partial charge is 0.381 e. The zero-order valence-electron chi connectivity index (χ0n) is 41.7. The van der Waals surface area contributed by atoms with Crippen LogP contribution in [-0.4, -0.2) is 83.4 Å². The third-order valence-corrected chi connectivity index (χ3v) is 16.8. The van der Waals surface area contributed by atoms with Crippen molar-refractivity contribution in [3.63, 3.8) is 0 Å². The van der Waals surface area contributed by atoms with Crippen LogP contribution in [0.2, 0.25) is 0 Å². The third kappa shape index (κ3) is 5.85. The van der Waals surface area contributed by atoms with E-state index in [4.69, 9.17) is 4.74 Å². The zero-order valence-corrected chi connectivity index (χ0v) is 41.7. The number of hydrogen-bond donors (Lipinski definition) is 0. The molecule has 0 saturated heterocycles. The molecule has 4 aliphatic rings. The van der Waals surface area contributed by atoms with E-state index in [-0.39, 0.29) is 26.3 Å². The number of benzene rings is 12. The predicted molar refractivity (Wildman–Crippen MR) is 301 cm³/mol. The Hall–Kier alpha value is -10.2. The highest BCUT2D eigenvalue weighted by Crippen LogP contribution is 2.49. The number of rotatable bonds is 10. The summed E-state index contributed by atoms with van der Waals surface area (Å²) in [5.74, 6) is -3.26. The summed E-state index contributed by atoms with van der Waals surface area (Å²) in [6.07, 6.45) is 0.705. The van der Waals surface area contributed by atoms with Crippen molar-refractivity contribution in [1.29, 1.82) is 0 Å². The van der Waals surface area contributed by atoms with Crippen LogP contribution in [0.25, 0.3) is 86.2 Å². The molecular formula is C66H38N4O9. The van der Waals surface area contributed by atoms with Gasteiger partial charge in [-0.3, -0.25) is 48.2 Å². The Bertz CT molecular complexity index is 4350. The second kappa shape index (κ2) is 16.1. The van der Waals surface area contributed by atoms with Gasteiger partial charge < -0.3 is 4.74 Å². The van der Waals surface area contributed by atoms with E-state index in [1.54, 1.807) is 97.1 Å². The number of carbonyl (C=O) groups excluding carboxylic acids is 8. The van der Waals surface area contributed by atoms with Crippen molar-refractivity contribution < 1.29 is 43.1 Å². The van der Waals surface area contributed by atoms with Crippen molar-refractivity contribution in [2.75, 3.05) is 36.1 Å². The van der Waals surface area contributed by atoms with Gasteiger partial charge >= 0.3 is 0 Å². The van der Waals surface area contributed by atoms with Gasteiger partial charge in [-0.25, -0.2) is 9.80 Å². The minimum absolute atomic E-state index is 0.107. The van der Waals surface area contributed by atoms with Crippen molar-refractivity contribution in [2.45, 2.75) is 12.8 Å². The van der Waals surface area contributed by atoms with Gasteiger partial charge in [0.25, 0.3) is 47.3 Å². The lowest BCUT2D eigenvalue weighted by Gasteiger charge is -2.30. The molecule has 0 saturated carbocycles. The van der Waals surface area contributed by atoms with Crippen molar-refractivity contribution in [3.05, 3.63) is 202 Å². The fourth-order valence-electron chi connectivity index (χ4n) is 13.4. The molecule has 0 unspecified atom stereocenters. The van der Waals surface area contributed by atoms with E-state index in [9.17, 15) is 38.4 Å². The Morgan fingerprint density at radius 1 is 0.253 bits per heavy atom. The molecule has 0 radical (unpaired) electrons. The van der Waals surface area contributed by atoms with Crippen molar-refractivity contribution >= 4 is 145 Å². The van der Waals surface area contributed by atoms with Crippen molar-refractivity contribution in [3.8, 4) is 0 Å². The van der Waals surface area contributed by atoms with Crippen LogP contribution >= 0.6 is 0 Å². The van der Waals surface area contributed by atoms with E-state index < -0.39 is 47.3 Å². The standard InChI is InChI=1S/C66H38N4O9/c71-59-43-21-13-35-39-17-25-47-57-48(64(76)69(63(47)75)33-9-3-1-4-10-33)26-18-40(53(39)57)36-14-22-44(55(43)51(35)36)60(72)67(59)29-7-31-79-32-8-30-68-61(73)45-23-15-37-41-19-27-49-58-50(66(78)70(65(49)77)34-11-5-2-6-12-34)28-20-42(54(41)58)38-16-24-46(62(68)74)56(45)52(37)38/h1-6,9-28H,7-8,29-32H2. The molecule has 0 aliphatic carbocycles. The van der Waals surface area contributed by atoms with E-state index in [0.717, 1.165) is 64.6 Å². The predicted octanol–water partition coefficient (Wildman–Crippen LogP) is 12.1. The normalized spacial score (nSPS) is 15.3. The maximum absolute atomic E-state index is 14.2. The quantitative estimate of drug-likeness (QED) is 0.0562. The van der Waals surface area contributed by atoms with Crippen LogP contribution in [0, 0.1) is 0 Å². The van der Waals surface area contributed by atoms with Crippen molar-refractivity contribution in [2.24, 2.45) is 0 Å². The summed E-state index contributed by atoms with van der Waals surface area (Å²) in [7, 11) is 0. The molecule has 0 fully saturated rings. The Balaban J connectivity index is 0.615. The second-order valence-electron chi connectivity index (χ2n) is 20.7. The minimum Gasteiger partial charge on any atom is -0.381 e. The summed E-state index contributed by atoms with van der Waals surface area (Å²) in [5, 5.41) is 11.9. The maximum Gasteiger partial charge on any atom is 0.265 e. The number of ether oxygens (including phenoxy) is 1. The molecule has 16 rings (SSSR count). The lowest BCUT2D eigenvalue weighted by Crippen LogP contribution is -2.41. The molecule has 4 heterocycles. The van der Waals surface area contributed by atoms with E-state index in [1.165, 1.54) is 19.6 Å². The molecule has 79 heavy (non-hydrogen) atoms. The summed E-state index contributed by atoms with van der Waals surface area (Å²) in [6, 6.07) is 46.9. The highest BCUT2D eigenvalue weighted by Gasteiger charge is 2.40. The molecule has 8 amide bonds. The Labute approximate surface area is 447 Å². The van der Waals surface area contributed by atoms with Gasteiger partial charge in [-0.05, 0) is 150 Å². The Kier molecular flexibility index (Phi) is 9.20. The molecule has 13 heteroatoms. The molecule has 0 spiro atoms. The van der Waals surface area contributed by atoms with Crippen LogP contribution in [0.1, 0.15) is 95.7 Å². The molecule has 12 aromatic rings. The molecule has 13 nitrogen and oxygen atoms in total. The van der Waals surface area contributed by atoms with Gasteiger partial charge in [0, 0.05) is 92.4 Å². The summed E-state index contributed by atoms with van der Waals surface area (Å²) in [6.45, 7) is 0.652. The average Bonchev–Trinajstić information content (AvgIpc) is 2.83. The maximum atomic E-state index is 14.2. The highest BCUT2D eigenvalue weighted by molar-refractivity contribution is 6.46. The molecule has 0 N–H and O–H groups in total. The van der Waals surface area contributed by atoms with E-state index >= 15 is 0 Å². The number of hydrogen-bond acceptors (Lipinski definition) is 9.